The summed E-state index contributed by atoms with van der Waals surface area (Å²) in [5.41, 5.74) is 0.565. The molecular formula is C13H14O2. The third-order valence-electron chi connectivity index (χ3n) is 1.78. The number of rotatable bonds is 3. The van der Waals surface area contributed by atoms with Crippen LogP contribution in [-0.2, 0) is 4.74 Å². The Kier molecular flexibility index (Phi) is 5.03. The molecule has 0 atom stereocenters. The first-order chi connectivity index (χ1) is 7.34. The molecule has 0 aliphatic heterocycles. The molecule has 0 unspecified atom stereocenters. The van der Waals surface area contributed by atoms with E-state index in [4.69, 9.17) is 4.74 Å². The Bertz CT molecular complexity index is 357. The van der Waals surface area contributed by atoms with E-state index in [1.807, 2.05) is 6.07 Å². The maximum absolute atomic E-state index is 11.4. The molecule has 0 aliphatic carbocycles. The minimum absolute atomic E-state index is 0.174. The molecule has 2 nitrogen and oxygen atoms in total. The minimum atomic E-state index is -0.318. The molecule has 2 heteroatoms. The first-order valence-electron chi connectivity index (χ1n) is 5.02. The van der Waals surface area contributed by atoms with Gasteiger partial charge in [0.15, 0.2) is 6.61 Å². The Morgan fingerprint density at radius 3 is 2.67 bits per heavy atom. The first-order valence-corrected chi connectivity index (χ1v) is 5.02. The zero-order valence-electron chi connectivity index (χ0n) is 8.82. The van der Waals surface area contributed by atoms with Crippen LogP contribution in [0.1, 0.15) is 30.1 Å². The maximum atomic E-state index is 11.4. The molecule has 0 aromatic heterocycles. The molecule has 0 amide bonds. The monoisotopic (exact) mass is 202 g/mol. The molecule has 1 aromatic rings. The normalized spacial score (nSPS) is 8.87. The number of carbonyl (C=O) groups excluding carboxylic acids is 1. The Labute approximate surface area is 90.3 Å². The van der Waals surface area contributed by atoms with Gasteiger partial charge in [-0.15, -0.1) is 0 Å². The van der Waals surface area contributed by atoms with Crippen molar-refractivity contribution in [2.45, 2.75) is 19.8 Å². The lowest BCUT2D eigenvalue weighted by Gasteiger charge is -1.99. The summed E-state index contributed by atoms with van der Waals surface area (Å²) < 4.78 is 4.96. The van der Waals surface area contributed by atoms with Gasteiger partial charge in [0.25, 0.3) is 0 Å². The van der Waals surface area contributed by atoms with E-state index in [-0.39, 0.29) is 12.6 Å². The van der Waals surface area contributed by atoms with E-state index in [9.17, 15) is 4.79 Å². The summed E-state index contributed by atoms with van der Waals surface area (Å²) in [4.78, 5) is 11.4. The Morgan fingerprint density at radius 1 is 1.27 bits per heavy atom. The van der Waals surface area contributed by atoms with E-state index < -0.39 is 0 Å². The number of esters is 1. The quantitative estimate of drug-likeness (QED) is 0.556. The largest absolute Gasteiger partial charge is 0.449 e. The van der Waals surface area contributed by atoms with Gasteiger partial charge in [0.05, 0.1) is 5.56 Å². The smallest absolute Gasteiger partial charge is 0.339 e. The number of benzene rings is 1. The number of carbonyl (C=O) groups is 1. The standard InChI is InChI=1S/C13H14O2/c1-2-3-4-8-11-15-13(14)12-9-6-5-7-10-12/h5-7,9-10H,2-3,11H2,1H3. The molecule has 0 radical (unpaired) electrons. The summed E-state index contributed by atoms with van der Waals surface area (Å²) in [6.45, 7) is 2.23. The topological polar surface area (TPSA) is 26.3 Å². The highest BCUT2D eigenvalue weighted by molar-refractivity contribution is 5.89. The fourth-order valence-electron chi connectivity index (χ4n) is 1.02. The molecule has 0 fully saturated rings. The van der Waals surface area contributed by atoms with Crippen molar-refractivity contribution in [2.24, 2.45) is 0 Å². The van der Waals surface area contributed by atoms with E-state index in [0.29, 0.717) is 5.56 Å². The van der Waals surface area contributed by atoms with Crippen molar-refractivity contribution in [3.05, 3.63) is 35.9 Å². The predicted molar refractivity (Wildman–Crippen MR) is 59.4 cm³/mol. The lowest BCUT2D eigenvalue weighted by atomic mass is 10.2. The van der Waals surface area contributed by atoms with Crippen LogP contribution in [0.2, 0.25) is 0 Å². The molecule has 15 heavy (non-hydrogen) atoms. The van der Waals surface area contributed by atoms with Gasteiger partial charge < -0.3 is 4.74 Å². The van der Waals surface area contributed by atoms with Crippen molar-refractivity contribution >= 4 is 5.97 Å². The summed E-state index contributed by atoms with van der Waals surface area (Å²) >= 11 is 0. The van der Waals surface area contributed by atoms with Crippen LogP contribution in [0.3, 0.4) is 0 Å². The molecule has 0 bridgehead atoms. The number of unbranched alkanes of at least 4 members (excludes halogenated alkanes) is 1. The zero-order valence-corrected chi connectivity index (χ0v) is 8.82. The van der Waals surface area contributed by atoms with Crippen LogP contribution in [0.25, 0.3) is 0 Å². The van der Waals surface area contributed by atoms with Crippen LogP contribution in [0, 0.1) is 11.8 Å². The van der Waals surface area contributed by atoms with E-state index in [2.05, 4.69) is 18.8 Å². The van der Waals surface area contributed by atoms with E-state index in [1.54, 1.807) is 24.3 Å². The number of hydrogen-bond acceptors (Lipinski definition) is 2. The zero-order chi connectivity index (χ0) is 10.9. The summed E-state index contributed by atoms with van der Waals surface area (Å²) in [6, 6.07) is 8.92. The highest BCUT2D eigenvalue weighted by atomic mass is 16.5. The summed E-state index contributed by atoms with van der Waals surface area (Å²) in [6.07, 6.45) is 1.88. The molecule has 0 saturated heterocycles. The van der Waals surface area contributed by atoms with Crippen LogP contribution < -0.4 is 0 Å². The highest BCUT2D eigenvalue weighted by Gasteiger charge is 2.03. The number of ether oxygens (including phenoxy) is 1. The molecule has 0 aliphatic rings. The third kappa shape index (κ3) is 4.33. The van der Waals surface area contributed by atoms with Crippen LogP contribution in [0.5, 0.6) is 0 Å². The average molecular weight is 202 g/mol. The van der Waals surface area contributed by atoms with Crippen molar-refractivity contribution < 1.29 is 9.53 Å². The van der Waals surface area contributed by atoms with Crippen LogP contribution in [0.4, 0.5) is 0 Å². The highest BCUT2D eigenvalue weighted by Crippen LogP contribution is 2.00. The Balaban J connectivity index is 2.35. The molecular weight excluding hydrogens is 188 g/mol. The molecule has 78 valence electrons. The fraction of sp³-hybridized carbons (Fsp3) is 0.308. The lowest BCUT2D eigenvalue weighted by molar-refractivity contribution is 0.0556. The van der Waals surface area contributed by atoms with E-state index in [0.717, 1.165) is 12.8 Å². The SMILES string of the molecule is CCCC#CCOC(=O)c1ccccc1. The van der Waals surface area contributed by atoms with Gasteiger partial charge >= 0.3 is 5.97 Å². The number of hydrogen-bond donors (Lipinski definition) is 0. The van der Waals surface area contributed by atoms with Gasteiger partial charge in [-0.25, -0.2) is 4.79 Å². The Hall–Kier alpha value is -1.75. The van der Waals surface area contributed by atoms with Crippen LogP contribution >= 0.6 is 0 Å². The van der Waals surface area contributed by atoms with Crippen molar-refractivity contribution in [3.8, 4) is 11.8 Å². The van der Waals surface area contributed by atoms with Crippen molar-refractivity contribution in [3.63, 3.8) is 0 Å². The molecule has 0 N–H and O–H groups in total. The second-order valence-corrected chi connectivity index (χ2v) is 3.05. The minimum Gasteiger partial charge on any atom is -0.449 e. The first kappa shape index (κ1) is 11.3. The van der Waals surface area contributed by atoms with Gasteiger partial charge in [-0.1, -0.05) is 37.0 Å². The summed E-state index contributed by atoms with van der Waals surface area (Å²) in [5, 5.41) is 0. The van der Waals surface area contributed by atoms with Gasteiger partial charge in [-0.05, 0) is 18.6 Å². The van der Waals surface area contributed by atoms with Crippen molar-refractivity contribution in [1.29, 1.82) is 0 Å². The van der Waals surface area contributed by atoms with Gasteiger partial charge in [0.2, 0.25) is 0 Å². The lowest BCUT2D eigenvalue weighted by Crippen LogP contribution is -2.04. The summed E-state index contributed by atoms with van der Waals surface area (Å²) in [5.74, 6) is 5.39. The van der Waals surface area contributed by atoms with Gasteiger partial charge in [-0.3, -0.25) is 0 Å². The second-order valence-electron chi connectivity index (χ2n) is 3.05. The molecule has 1 aromatic carbocycles. The molecule has 0 saturated carbocycles. The molecule has 1 rings (SSSR count). The Morgan fingerprint density at radius 2 is 2.00 bits per heavy atom. The molecule has 0 spiro atoms. The second kappa shape index (κ2) is 6.67. The maximum Gasteiger partial charge on any atom is 0.339 e. The van der Waals surface area contributed by atoms with E-state index in [1.165, 1.54) is 0 Å². The van der Waals surface area contributed by atoms with Gasteiger partial charge in [-0.2, -0.15) is 0 Å². The van der Waals surface area contributed by atoms with Gasteiger partial charge in [0, 0.05) is 6.42 Å². The molecule has 0 heterocycles. The third-order valence-corrected chi connectivity index (χ3v) is 1.78. The van der Waals surface area contributed by atoms with Crippen LogP contribution in [-0.4, -0.2) is 12.6 Å². The van der Waals surface area contributed by atoms with Crippen molar-refractivity contribution in [1.82, 2.24) is 0 Å². The average Bonchev–Trinajstić information content (AvgIpc) is 2.30. The van der Waals surface area contributed by atoms with E-state index >= 15 is 0 Å². The van der Waals surface area contributed by atoms with Crippen molar-refractivity contribution in [2.75, 3.05) is 6.61 Å². The van der Waals surface area contributed by atoms with Crippen LogP contribution in [0.15, 0.2) is 30.3 Å². The predicted octanol–water partition coefficient (Wildman–Crippen LogP) is 2.65. The van der Waals surface area contributed by atoms with Gasteiger partial charge in [0.1, 0.15) is 0 Å². The summed E-state index contributed by atoms with van der Waals surface area (Å²) in [7, 11) is 0. The fourth-order valence-corrected chi connectivity index (χ4v) is 1.02.